The molecule has 0 aromatic rings. The van der Waals surface area contributed by atoms with E-state index in [0.717, 1.165) is 25.8 Å². The number of hydrogen-bond acceptors (Lipinski definition) is 2. The van der Waals surface area contributed by atoms with Crippen LogP contribution in [0.2, 0.25) is 0 Å². The van der Waals surface area contributed by atoms with Crippen molar-refractivity contribution in [1.82, 2.24) is 5.32 Å². The third kappa shape index (κ3) is 1.94. The standard InChI is InChI=1S/C9H16N2/c1-2-7-11-9(8-10)5-3-4-6-9/h11H,2-7H2,1H3. The van der Waals surface area contributed by atoms with Gasteiger partial charge in [-0.25, -0.2) is 0 Å². The largest absolute Gasteiger partial charge is 0.299 e. The molecule has 62 valence electrons. The van der Waals surface area contributed by atoms with Crippen molar-refractivity contribution in [1.29, 1.82) is 5.26 Å². The first-order valence-corrected chi connectivity index (χ1v) is 4.49. The van der Waals surface area contributed by atoms with Gasteiger partial charge in [0.2, 0.25) is 0 Å². The highest BCUT2D eigenvalue weighted by Gasteiger charge is 2.32. The molecule has 2 heteroatoms. The highest BCUT2D eigenvalue weighted by molar-refractivity contribution is 5.09. The lowest BCUT2D eigenvalue weighted by Crippen LogP contribution is -2.41. The Labute approximate surface area is 68.6 Å². The highest BCUT2D eigenvalue weighted by Crippen LogP contribution is 2.28. The van der Waals surface area contributed by atoms with Crippen molar-refractivity contribution in [2.24, 2.45) is 0 Å². The summed E-state index contributed by atoms with van der Waals surface area (Å²) in [6.45, 7) is 3.11. The van der Waals surface area contributed by atoms with Crippen LogP contribution in [0, 0.1) is 11.3 Å². The van der Waals surface area contributed by atoms with E-state index in [2.05, 4.69) is 18.3 Å². The summed E-state index contributed by atoms with van der Waals surface area (Å²) in [5, 5.41) is 12.3. The molecule has 1 aliphatic carbocycles. The van der Waals surface area contributed by atoms with Crippen molar-refractivity contribution >= 4 is 0 Å². The third-order valence-electron chi connectivity index (χ3n) is 2.38. The Bertz CT molecular complexity index is 151. The molecule has 0 amide bonds. The fourth-order valence-corrected chi connectivity index (χ4v) is 1.67. The van der Waals surface area contributed by atoms with Gasteiger partial charge in [0, 0.05) is 0 Å². The summed E-state index contributed by atoms with van der Waals surface area (Å²) in [5.74, 6) is 0. The van der Waals surface area contributed by atoms with Crippen LogP contribution in [0.3, 0.4) is 0 Å². The topological polar surface area (TPSA) is 35.8 Å². The van der Waals surface area contributed by atoms with Crippen LogP contribution >= 0.6 is 0 Å². The second-order valence-electron chi connectivity index (χ2n) is 3.33. The minimum atomic E-state index is -0.157. The fourth-order valence-electron chi connectivity index (χ4n) is 1.67. The van der Waals surface area contributed by atoms with Crippen LogP contribution in [0.5, 0.6) is 0 Å². The zero-order chi connectivity index (χ0) is 8.16. The first-order chi connectivity index (χ1) is 5.33. The second-order valence-corrected chi connectivity index (χ2v) is 3.33. The average molecular weight is 152 g/mol. The molecule has 0 unspecified atom stereocenters. The molecule has 1 aliphatic rings. The Morgan fingerprint density at radius 1 is 1.45 bits per heavy atom. The van der Waals surface area contributed by atoms with Crippen LogP contribution in [0.4, 0.5) is 0 Å². The predicted octanol–water partition coefficient (Wildman–Crippen LogP) is 1.82. The van der Waals surface area contributed by atoms with E-state index in [0.29, 0.717) is 0 Å². The molecule has 0 aromatic carbocycles. The van der Waals surface area contributed by atoms with Crippen LogP contribution < -0.4 is 5.32 Å². The summed E-state index contributed by atoms with van der Waals surface area (Å²) >= 11 is 0. The molecule has 0 spiro atoms. The maximum Gasteiger partial charge on any atom is 0.106 e. The van der Waals surface area contributed by atoms with Gasteiger partial charge >= 0.3 is 0 Å². The molecule has 0 heterocycles. The summed E-state index contributed by atoms with van der Waals surface area (Å²) in [5.41, 5.74) is -0.157. The van der Waals surface area contributed by atoms with E-state index >= 15 is 0 Å². The fraction of sp³-hybridized carbons (Fsp3) is 0.889. The van der Waals surface area contributed by atoms with Gasteiger partial charge in [0.05, 0.1) is 6.07 Å². The first-order valence-electron chi connectivity index (χ1n) is 4.49. The van der Waals surface area contributed by atoms with E-state index < -0.39 is 0 Å². The summed E-state index contributed by atoms with van der Waals surface area (Å²) in [6, 6.07) is 2.40. The van der Waals surface area contributed by atoms with Gasteiger partial charge in [-0.1, -0.05) is 19.8 Å². The monoisotopic (exact) mass is 152 g/mol. The van der Waals surface area contributed by atoms with E-state index in [9.17, 15) is 0 Å². The van der Waals surface area contributed by atoms with Crippen molar-refractivity contribution in [3.8, 4) is 6.07 Å². The molecule has 0 radical (unpaired) electrons. The Balaban J connectivity index is 2.41. The number of nitriles is 1. The van der Waals surface area contributed by atoms with E-state index in [1.807, 2.05) is 0 Å². The van der Waals surface area contributed by atoms with Crippen LogP contribution in [-0.4, -0.2) is 12.1 Å². The lowest BCUT2D eigenvalue weighted by Gasteiger charge is -2.21. The van der Waals surface area contributed by atoms with Crippen LogP contribution in [0.15, 0.2) is 0 Å². The van der Waals surface area contributed by atoms with Gasteiger partial charge in [-0.05, 0) is 25.8 Å². The molecule has 11 heavy (non-hydrogen) atoms. The van der Waals surface area contributed by atoms with E-state index in [-0.39, 0.29) is 5.54 Å². The smallest absolute Gasteiger partial charge is 0.106 e. The molecular formula is C9H16N2. The van der Waals surface area contributed by atoms with E-state index in [4.69, 9.17) is 5.26 Å². The van der Waals surface area contributed by atoms with Crippen LogP contribution in [0.25, 0.3) is 0 Å². The summed E-state index contributed by atoms with van der Waals surface area (Å²) in [4.78, 5) is 0. The number of nitrogens with zero attached hydrogens (tertiary/aromatic N) is 1. The molecule has 1 saturated carbocycles. The van der Waals surface area contributed by atoms with E-state index in [1.54, 1.807) is 0 Å². The molecular weight excluding hydrogens is 136 g/mol. The predicted molar refractivity (Wildman–Crippen MR) is 45.1 cm³/mol. The zero-order valence-electron chi connectivity index (χ0n) is 7.19. The van der Waals surface area contributed by atoms with Crippen LogP contribution in [-0.2, 0) is 0 Å². The van der Waals surface area contributed by atoms with Gasteiger partial charge in [0.25, 0.3) is 0 Å². The van der Waals surface area contributed by atoms with E-state index in [1.165, 1.54) is 12.8 Å². The first kappa shape index (κ1) is 8.55. The normalized spacial score (nSPS) is 21.5. The minimum Gasteiger partial charge on any atom is -0.299 e. The summed E-state index contributed by atoms with van der Waals surface area (Å²) in [7, 11) is 0. The van der Waals surface area contributed by atoms with Crippen molar-refractivity contribution in [3.05, 3.63) is 0 Å². The molecule has 1 N–H and O–H groups in total. The second kappa shape index (κ2) is 3.73. The Kier molecular flexibility index (Phi) is 2.90. The Hall–Kier alpha value is -0.550. The van der Waals surface area contributed by atoms with Crippen molar-refractivity contribution in [2.75, 3.05) is 6.54 Å². The molecule has 0 aliphatic heterocycles. The van der Waals surface area contributed by atoms with Gasteiger partial charge in [-0.3, -0.25) is 5.32 Å². The molecule has 0 bridgehead atoms. The van der Waals surface area contributed by atoms with Crippen LogP contribution in [0.1, 0.15) is 39.0 Å². The summed E-state index contributed by atoms with van der Waals surface area (Å²) < 4.78 is 0. The Morgan fingerprint density at radius 2 is 2.09 bits per heavy atom. The lowest BCUT2D eigenvalue weighted by atomic mass is 10.00. The SMILES string of the molecule is CCCNC1(C#N)CCCC1. The number of hydrogen-bond donors (Lipinski definition) is 1. The number of rotatable bonds is 3. The molecule has 0 aromatic heterocycles. The Morgan fingerprint density at radius 3 is 2.55 bits per heavy atom. The third-order valence-corrected chi connectivity index (χ3v) is 2.38. The van der Waals surface area contributed by atoms with Gasteiger partial charge in [0.15, 0.2) is 0 Å². The minimum absolute atomic E-state index is 0.157. The van der Waals surface area contributed by atoms with Gasteiger partial charge in [0.1, 0.15) is 5.54 Å². The lowest BCUT2D eigenvalue weighted by molar-refractivity contribution is 0.423. The number of nitrogens with one attached hydrogen (secondary N) is 1. The van der Waals surface area contributed by atoms with Crippen molar-refractivity contribution < 1.29 is 0 Å². The van der Waals surface area contributed by atoms with Crippen molar-refractivity contribution in [3.63, 3.8) is 0 Å². The molecule has 0 atom stereocenters. The van der Waals surface area contributed by atoms with Gasteiger partial charge < -0.3 is 0 Å². The van der Waals surface area contributed by atoms with Gasteiger partial charge in [-0.15, -0.1) is 0 Å². The molecule has 2 nitrogen and oxygen atoms in total. The molecule has 0 saturated heterocycles. The summed E-state index contributed by atoms with van der Waals surface area (Å²) in [6.07, 6.45) is 5.63. The van der Waals surface area contributed by atoms with Crippen molar-refractivity contribution in [2.45, 2.75) is 44.6 Å². The molecule has 1 fully saturated rings. The molecule has 1 rings (SSSR count). The quantitative estimate of drug-likeness (QED) is 0.669. The maximum atomic E-state index is 8.93. The maximum absolute atomic E-state index is 8.93. The average Bonchev–Trinajstić information content (AvgIpc) is 2.50. The highest BCUT2D eigenvalue weighted by atomic mass is 15.0. The zero-order valence-corrected chi connectivity index (χ0v) is 7.19. The van der Waals surface area contributed by atoms with Gasteiger partial charge in [-0.2, -0.15) is 5.26 Å².